The Morgan fingerprint density at radius 3 is 2.00 bits per heavy atom. The van der Waals surface area contributed by atoms with Crippen molar-refractivity contribution < 1.29 is 9.07 Å². The molecule has 0 aliphatic heterocycles. The molecule has 0 aromatic carbocycles. The van der Waals surface area contributed by atoms with Gasteiger partial charge in [-0.3, -0.25) is 4.79 Å². The maximum absolute atomic E-state index is 9.43. The second-order valence-corrected chi connectivity index (χ2v) is 1.07. The number of hydrogen-bond donors (Lipinski definition) is 0. The van der Waals surface area contributed by atoms with Gasteiger partial charge in [0.2, 0.25) is 6.41 Å². The van der Waals surface area contributed by atoms with Crippen LogP contribution in [0.3, 0.4) is 0 Å². The van der Waals surface area contributed by atoms with E-state index in [0.717, 1.165) is 6.41 Å². The monoisotopic (exact) mass is 117 g/mol. The fourth-order valence-electron chi connectivity index (χ4n) is 0. The summed E-state index contributed by atoms with van der Waals surface area (Å²) in [5.74, 6) is 0. The molecule has 6 heavy (non-hydrogen) atoms. The zero-order chi connectivity index (χ0) is 4.28. The zero-order valence-corrected chi connectivity index (χ0v) is 6.35. The number of rotatable bonds is 1. The van der Waals surface area contributed by atoms with Gasteiger partial charge in [0, 0.05) is 15.5 Å². The molecule has 0 N–H and O–H groups in total. The van der Waals surface area contributed by atoms with Crippen molar-refractivity contribution in [1.82, 2.24) is 4.90 Å². The first-order valence-electron chi connectivity index (χ1n) is 1.39. The minimum absolute atomic E-state index is 0. The van der Waals surface area contributed by atoms with Crippen LogP contribution in [-0.4, -0.2) is 63.1 Å². The Morgan fingerprint density at radius 2 is 2.00 bits per heavy atom. The summed E-state index contributed by atoms with van der Waals surface area (Å²) in [6, 6.07) is 0. The molecular formula is C3H11CaNO. The van der Waals surface area contributed by atoms with E-state index in [4.69, 9.17) is 0 Å². The van der Waals surface area contributed by atoms with E-state index in [1.807, 2.05) is 0 Å². The fraction of sp³-hybridized carbons (Fsp3) is 0.667. The molecule has 0 fully saturated rings. The van der Waals surface area contributed by atoms with Crippen molar-refractivity contribution in [2.24, 2.45) is 0 Å². The summed E-state index contributed by atoms with van der Waals surface area (Å²) in [4.78, 5) is 10.9. The maximum Gasteiger partial charge on any atom is 2.00 e. The van der Waals surface area contributed by atoms with E-state index in [1.165, 1.54) is 4.90 Å². The van der Waals surface area contributed by atoms with Gasteiger partial charge in [0.15, 0.2) is 0 Å². The van der Waals surface area contributed by atoms with Gasteiger partial charge >= 0.3 is 37.7 Å². The molecule has 0 radical (unpaired) electrons. The molecule has 0 aliphatic rings. The summed E-state index contributed by atoms with van der Waals surface area (Å²) in [5, 5.41) is 0. The van der Waals surface area contributed by atoms with E-state index >= 15 is 0 Å². The number of amides is 1. The third kappa shape index (κ3) is 8.83. The molecule has 0 atom stereocenters. The number of nitrogens with zero attached hydrogens (tertiary/aromatic N) is 1. The minimum atomic E-state index is 0. The van der Waals surface area contributed by atoms with Crippen LogP contribution in [-0.2, 0) is 4.79 Å². The molecule has 0 saturated heterocycles. The average Bonchev–Trinajstić information content (AvgIpc) is 1.38. The summed E-state index contributed by atoms with van der Waals surface area (Å²) in [6.45, 7) is 0. The Labute approximate surface area is 72.0 Å². The number of carbonyl (C=O) groups excluding carboxylic acids is 1. The smallest absolute Gasteiger partial charge is 1.00 e. The molecule has 0 aromatic heterocycles. The van der Waals surface area contributed by atoms with Gasteiger partial charge in [0.1, 0.15) is 0 Å². The minimum Gasteiger partial charge on any atom is -1.00 e. The Kier molecular flexibility index (Phi) is 9.43. The summed E-state index contributed by atoms with van der Waals surface area (Å²) < 4.78 is 0. The molecule has 36 valence electrons. The first-order chi connectivity index (χ1) is 2.27. The van der Waals surface area contributed by atoms with Crippen molar-refractivity contribution in [2.45, 2.75) is 0 Å². The predicted octanol–water partition coefficient (Wildman–Crippen LogP) is -0.205. The summed E-state index contributed by atoms with van der Waals surface area (Å²) in [7, 11) is 3.38. The summed E-state index contributed by atoms with van der Waals surface area (Å²) in [5.41, 5.74) is 0. The largest absolute Gasteiger partial charge is 2.00 e. The Bertz CT molecular complexity index is 46.0. The molecule has 0 saturated carbocycles. The maximum atomic E-state index is 9.43. The second kappa shape index (κ2) is 5.73. The zero-order valence-electron chi connectivity index (χ0n) is 6.14. The van der Waals surface area contributed by atoms with Crippen LogP contribution in [0.4, 0.5) is 0 Å². The van der Waals surface area contributed by atoms with Crippen molar-refractivity contribution in [3.05, 3.63) is 0 Å². The van der Waals surface area contributed by atoms with E-state index in [1.54, 1.807) is 14.1 Å². The van der Waals surface area contributed by atoms with Gasteiger partial charge in [-0.05, 0) is 0 Å². The molecule has 0 rings (SSSR count). The Hall–Kier alpha value is 0.730. The van der Waals surface area contributed by atoms with Gasteiger partial charge < -0.3 is 7.75 Å². The van der Waals surface area contributed by atoms with Crippen molar-refractivity contribution in [1.29, 1.82) is 0 Å². The van der Waals surface area contributed by atoms with Crippen molar-refractivity contribution >= 4 is 44.1 Å². The molecule has 0 heterocycles. The van der Waals surface area contributed by atoms with Crippen LogP contribution >= 0.6 is 0 Å². The van der Waals surface area contributed by atoms with E-state index < -0.39 is 0 Å². The molecule has 2 nitrogen and oxygen atoms in total. The van der Waals surface area contributed by atoms with E-state index in [9.17, 15) is 4.79 Å². The van der Waals surface area contributed by atoms with Crippen LogP contribution in [0.5, 0.6) is 0 Å². The molecule has 3 heteroatoms. The van der Waals surface area contributed by atoms with Crippen LogP contribution < -0.4 is 0 Å². The quantitative estimate of drug-likeness (QED) is 0.344. The predicted molar refractivity (Wildman–Crippen MR) is 29.8 cm³/mol. The van der Waals surface area contributed by atoms with E-state index in [-0.39, 0.29) is 42.0 Å². The third-order valence-corrected chi connectivity index (χ3v) is 0.211. The first-order valence-corrected chi connectivity index (χ1v) is 1.39. The molecule has 0 spiro atoms. The standard InChI is InChI=1S/C3H7NO.Ca.H2.2H/c1-4(2)3-5;;;;/h3H,1-2H3;;1H;;/q;+2;;2*-1. The summed E-state index contributed by atoms with van der Waals surface area (Å²) in [6.07, 6.45) is 0.750. The van der Waals surface area contributed by atoms with Crippen LogP contribution in [0.15, 0.2) is 0 Å². The second-order valence-electron chi connectivity index (χ2n) is 1.07. The molecule has 0 bridgehead atoms. The van der Waals surface area contributed by atoms with Gasteiger partial charge in [0.05, 0.1) is 0 Å². The van der Waals surface area contributed by atoms with Gasteiger partial charge in [-0.1, -0.05) is 0 Å². The summed E-state index contributed by atoms with van der Waals surface area (Å²) >= 11 is 0. The third-order valence-electron chi connectivity index (χ3n) is 0.211. The first kappa shape index (κ1) is 9.88. The SMILES string of the molecule is CN(C)C=O.[Ca+2].[H-].[H-].[HH]. The van der Waals surface area contributed by atoms with E-state index in [2.05, 4.69) is 0 Å². The van der Waals surface area contributed by atoms with Crippen molar-refractivity contribution in [3.63, 3.8) is 0 Å². The van der Waals surface area contributed by atoms with Crippen LogP contribution in [0.2, 0.25) is 0 Å². The van der Waals surface area contributed by atoms with Gasteiger partial charge in [-0.25, -0.2) is 0 Å². The molecular weight excluding hydrogens is 106 g/mol. The van der Waals surface area contributed by atoms with Crippen molar-refractivity contribution in [3.8, 4) is 0 Å². The average molecular weight is 117 g/mol. The normalized spacial score (nSPS) is 5.67. The van der Waals surface area contributed by atoms with Crippen LogP contribution in [0.25, 0.3) is 0 Å². The van der Waals surface area contributed by atoms with Gasteiger partial charge in [-0.2, -0.15) is 0 Å². The van der Waals surface area contributed by atoms with E-state index in [0.29, 0.717) is 0 Å². The Morgan fingerprint density at radius 1 is 1.83 bits per heavy atom. The number of hydrogen-bond acceptors (Lipinski definition) is 1. The molecule has 0 aliphatic carbocycles. The molecule has 1 amide bonds. The molecule has 0 aromatic rings. The fourth-order valence-corrected chi connectivity index (χ4v) is 0. The topological polar surface area (TPSA) is 20.3 Å². The van der Waals surface area contributed by atoms with Crippen LogP contribution in [0, 0.1) is 0 Å². The van der Waals surface area contributed by atoms with Gasteiger partial charge in [0.25, 0.3) is 0 Å². The van der Waals surface area contributed by atoms with Gasteiger partial charge in [-0.15, -0.1) is 0 Å². The van der Waals surface area contributed by atoms with Crippen molar-refractivity contribution in [2.75, 3.05) is 14.1 Å². The van der Waals surface area contributed by atoms with Crippen LogP contribution in [0.1, 0.15) is 4.28 Å². The Balaban J connectivity index is -0.0000000133. The number of carbonyl (C=O) groups is 1. The molecule has 0 unspecified atom stereocenters.